The Morgan fingerprint density at radius 2 is 2.15 bits per heavy atom. The largest absolute Gasteiger partial charge is 0.497 e. The van der Waals surface area contributed by atoms with Crippen LogP contribution < -0.4 is 15.4 Å². The number of aliphatic hydroxyl groups is 1. The number of methoxy groups -OCH3 is 1. The smallest absolute Gasteiger partial charge is 0.319 e. The van der Waals surface area contributed by atoms with Crippen molar-refractivity contribution in [1.82, 2.24) is 5.32 Å². The van der Waals surface area contributed by atoms with Gasteiger partial charge in [0.25, 0.3) is 0 Å². The number of amides is 2. The van der Waals surface area contributed by atoms with E-state index in [9.17, 15) is 9.90 Å². The lowest BCUT2D eigenvalue weighted by Crippen LogP contribution is -2.40. The molecule has 110 valence electrons. The monoisotopic (exact) mass is 278 g/mol. The highest BCUT2D eigenvalue weighted by Crippen LogP contribution is 2.36. The first-order chi connectivity index (χ1) is 9.67. The Morgan fingerprint density at radius 1 is 1.40 bits per heavy atom. The minimum atomic E-state index is -0.252. The van der Waals surface area contributed by atoms with Gasteiger partial charge in [-0.25, -0.2) is 4.79 Å². The molecule has 1 saturated carbocycles. The number of hydrogen-bond donors (Lipinski definition) is 3. The van der Waals surface area contributed by atoms with Gasteiger partial charge < -0.3 is 20.5 Å². The summed E-state index contributed by atoms with van der Waals surface area (Å²) in [5.74, 6) is 0.699. The first-order valence-corrected chi connectivity index (χ1v) is 6.97. The van der Waals surface area contributed by atoms with Gasteiger partial charge in [0.1, 0.15) is 5.75 Å². The molecule has 1 fully saturated rings. The highest BCUT2D eigenvalue weighted by Gasteiger charge is 2.33. The maximum atomic E-state index is 11.9. The fourth-order valence-electron chi connectivity index (χ4n) is 2.66. The van der Waals surface area contributed by atoms with Crippen LogP contribution >= 0.6 is 0 Å². The van der Waals surface area contributed by atoms with Gasteiger partial charge in [-0.1, -0.05) is 18.9 Å². The van der Waals surface area contributed by atoms with Gasteiger partial charge in [-0.15, -0.1) is 0 Å². The van der Waals surface area contributed by atoms with E-state index < -0.39 is 0 Å². The van der Waals surface area contributed by atoms with Crippen LogP contribution in [0.25, 0.3) is 0 Å². The molecule has 1 aliphatic carbocycles. The van der Waals surface area contributed by atoms with Crippen LogP contribution in [0.5, 0.6) is 5.75 Å². The summed E-state index contributed by atoms with van der Waals surface area (Å²) in [6, 6.07) is 6.96. The lowest BCUT2D eigenvalue weighted by molar-refractivity contribution is 0.130. The Bertz CT molecular complexity index is 456. The second-order valence-corrected chi connectivity index (χ2v) is 5.40. The van der Waals surface area contributed by atoms with Gasteiger partial charge in [-0.05, 0) is 25.0 Å². The number of nitrogens with one attached hydrogen (secondary N) is 2. The van der Waals surface area contributed by atoms with Crippen LogP contribution in [-0.2, 0) is 0 Å². The van der Waals surface area contributed by atoms with Crippen LogP contribution in [0, 0.1) is 5.41 Å². The highest BCUT2D eigenvalue weighted by atomic mass is 16.5. The summed E-state index contributed by atoms with van der Waals surface area (Å²) in [7, 11) is 1.59. The van der Waals surface area contributed by atoms with Gasteiger partial charge >= 0.3 is 6.03 Å². The fraction of sp³-hybridized carbons (Fsp3) is 0.533. The second-order valence-electron chi connectivity index (χ2n) is 5.40. The van der Waals surface area contributed by atoms with Gasteiger partial charge in [-0.3, -0.25) is 0 Å². The summed E-state index contributed by atoms with van der Waals surface area (Å²) >= 11 is 0. The summed E-state index contributed by atoms with van der Waals surface area (Å²) < 4.78 is 5.11. The third-order valence-corrected chi connectivity index (χ3v) is 3.95. The molecular formula is C15H22N2O3. The number of ether oxygens (including phenoxy) is 1. The van der Waals surface area contributed by atoms with Crippen LogP contribution in [0.2, 0.25) is 0 Å². The molecule has 5 heteroatoms. The van der Waals surface area contributed by atoms with E-state index in [-0.39, 0.29) is 18.1 Å². The third-order valence-electron chi connectivity index (χ3n) is 3.95. The molecule has 0 radical (unpaired) electrons. The van der Waals surface area contributed by atoms with Crippen LogP contribution in [0.3, 0.4) is 0 Å². The molecule has 1 aromatic carbocycles. The lowest BCUT2D eigenvalue weighted by atomic mass is 9.87. The van der Waals surface area contributed by atoms with Crippen molar-refractivity contribution in [2.45, 2.75) is 25.7 Å². The zero-order chi connectivity index (χ0) is 14.4. The SMILES string of the molecule is COc1cccc(NC(=O)NCC2(CO)CCCC2)c1. The average Bonchev–Trinajstić information content (AvgIpc) is 2.95. The molecule has 2 amide bonds. The van der Waals surface area contributed by atoms with E-state index in [4.69, 9.17) is 4.74 Å². The number of rotatable bonds is 5. The van der Waals surface area contributed by atoms with Crippen LogP contribution in [0.15, 0.2) is 24.3 Å². The number of urea groups is 1. The number of hydrogen-bond acceptors (Lipinski definition) is 3. The van der Waals surface area contributed by atoms with Gasteiger partial charge in [0.2, 0.25) is 0 Å². The van der Waals surface area contributed by atoms with Crippen molar-refractivity contribution >= 4 is 11.7 Å². The molecule has 0 bridgehead atoms. The minimum absolute atomic E-state index is 0.131. The highest BCUT2D eigenvalue weighted by molar-refractivity contribution is 5.89. The number of anilines is 1. The summed E-state index contributed by atoms with van der Waals surface area (Å²) in [4.78, 5) is 11.9. The van der Waals surface area contributed by atoms with Crippen LogP contribution in [-0.4, -0.2) is 31.4 Å². The van der Waals surface area contributed by atoms with Crippen molar-refractivity contribution in [3.63, 3.8) is 0 Å². The van der Waals surface area contributed by atoms with E-state index in [2.05, 4.69) is 10.6 Å². The van der Waals surface area contributed by atoms with Crippen molar-refractivity contribution in [2.75, 3.05) is 25.6 Å². The molecule has 0 atom stereocenters. The predicted molar refractivity (Wildman–Crippen MR) is 78.0 cm³/mol. The van der Waals surface area contributed by atoms with E-state index in [0.29, 0.717) is 18.0 Å². The van der Waals surface area contributed by atoms with Crippen LogP contribution in [0.4, 0.5) is 10.5 Å². The van der Waals surface area contributed by atoms with E-state index in [1.54, 1.807) is 19.2 Å². The van der Waals surface area contributed by atoms with Crippen molar-refractivity contribution in [3.05, 3.63) is 24.3 Å². The molecule has 2 rings (SSSR count). The lowest BCUT2D eigenvalue weighted by Gasteiger charge is -2.26. The van der Waals surface area contributed by atoms with E-state index in [0.717, 1.165) is 25.7 Å². The van der Waals surface area contributed by atoms with Gasteiger partial charge in [0.05, 0.1) is 13.7 Å². The number of carbonyl (C=O) groups is 1. The normalized spacial score (nSPS) is 16.7. The summed E-state index contributed by atoms with van der Waals surface area (Å²) in [6.45, 7) is 0.645. The molecule has 0 heterocycles. The molecule has 5 nitrogen and oxygen atoms in total. The summed E-state index contributed by atoms with van der Waals surface area (Å²) in [5.41, 5.74) is 0.553. The number of benzene rings is 1. The molecule has 0 saturated heterocycles. The zero-order valence-corrected chi connectivity index (χ0v) is 11.8. The minimum Gasteiger partial charge on any atom is -0.497 e. The summed E-state index contributed by atoms with van der Waals surface area (Å²) in [6.07, 6.45) is 4.20. The fourth-order valence-corrected chi connectivity index (χ4v) is 2.66. The zero-order valence-electron chi connectivity index (χ0n) is 11.8. The maximum absolute atomic E-state index is 11.9. The van der Waals surface area contributed by atoms with Crippen molar-refractivity contribution in [2.24, 2.45) is 5.41 Å². The molecule has 0 aliphatic heterocycles. The molecule has 0 unspecified atom stereocenters. The first-order valence-electron chi connectivity index (χ1n) is 6.97. The maximum Gasteiger partial charge on any atom is 0.319 e. The van der Waals surface area contributed by atoms with E-state index in [1.807, 2.05) is 12.1 Å². The number of aliphatic hydroxyl groups excluding tert-OH is 1. The van der Waals surface area contributed by atoms with Gasteiger partial charge in [0, 0.05) is 23.7 Å². The standard InChI is InChI=1S/C15H22N2O3/c1-20-13-6-4-5-12(9-13)17-14(19)16-10-15(11-18)7-2-3-8-15/h4-6,9,18H,2-3,7-8,10-11H2,1H3,(H2,16,17,19). The van der Waals surface area contributed by atoms with Crippen molar-refractivity contribution in [1.29, 1.82) is 0 Å². The van der Waals surface area contributed by atoms with Gasteiger partial charge in [-0.2, -0.15) is 0 Å². The molecule has 20 heavy (non-hydrogen) atoms. The Kier molecular flexibility index (Phi) is 4.84. The van der Waals surface area contributed by atoms with E-state index in [1.165, 1.54) is 0 Å². The topological polar surface area (TPSA) is 70.6 Å². The van der Waals surface area contributed by atoms with Gasteiger partial charge in [0.15, 0.2) is 0 Å². The Balaban J connectivity index is 1.85. The molecule has 1 aromatic rings. The summed E-state index contributed by atoms with van der Waals surface area (Å²) in [5, 5.41) is 15.1. The molecule has 3 N–H and O–H groups in total. The first kappa shape index (κ1) is 14.7. The number of carbonyl (C=O) groups excluding carboxylic acids is 1. The third kappa shape index (κ3) is 3.63. The van der Waals surface area contributed by atoms with Crippen LogP contribution in [0.1, 0.15) is 25.7 Å². The van der Waals surface area contributed by atoms with Crippen molar-refractivity contribution < 1.29 is 14.6 Å². The molecule has 1 aliphatic rings. The molecule has 0 spiro atoms. The van der Waals surface area contributed by atoms with Crippen molar-refractivity contribution in [3.8, 4) is 5.75 Å². The average molecular weight is 278 g/mol. The molecule has 0 aromatic heterocycles. The quantitative estimate of drug-likeness (QED) is 0.774. The predicted octanol–water partition coefficient (Wildman–Crippen LogP) is 2.37. The molecular weight excluding hydrogens is 256 g/mol. The Morgan fingerprint density at radius 3 is 2.80 bits per heavy atom. The van der Waals surface area contributed by atoms with E-state index >= 15 is 0 Å². The second kappa shape index (κ2) is 6.61. The Hall–Kier alpha value is -1.75. The Labute approximate surface area is 119 Å².